The lowest BCUT2D eigenvalue weighted by Crippen LogP contribution is -2.36. The molecule has 0 bridgehead atoms. The van der Waals surface area contributed by atoms with Gasteiger partial charge in [0.05, 0.1) is 13.2 Å². The summed E-state index contributed by atoms with van der Waals surface area (Å²) in [5, 5.41) is 2.75. The third-order valence-electron chi connectivity index (χ3n) is 2.04. The Hall–Kier alpha value is -1.18. The van der Waals surface area contributed by atoms with Gasteiger partial charge in [-0.25, -0.2) is 0 Å². The van der Waals surface area contributed by atoms with Crippen LogP contribution in [-0.4, -0.2) is 66.2 Å². The standard InChI is InChI=1S/C11H21NO6/c1-12-8-9(10(13)17-6-4-15-2)11(14)18-7-5-16-3/h9,12H,4-8H2,1-3H3. The number of hydrogen-bond acceptors (Lipinski definition) is 7. The van der Waals surface area contributed by atoms with Crippen LogP contribution in [0.5, 0.6) is 0 Å². The number of carbonyl (C=O) groups is 2. The fourth-order valence-corrected chi connectivity index (χ4v) is 1.12. The predicted molar refractivity (Wildman–Crippen MR) is 63.1 cm³/mol. The number of nitrogens with one attached hydrogen (secondary N) is 1. The summed E-state index contributed by atoms with van der Waals surface area (Å²) in [6, 6.07) is 0. The highest BCUT2D eigenvalue weighted by molar-refractivity contribution is 5.95. The van der Waals surface area contributed by atoms with E-state index >= 15 is 0 Å². The molecule has 0 radical (unpaired) electrons. The van der Waals surface area contributed by atoms with E-state index in [0.717, 1.165) is 0 Å². The summed E-state index contributed by atoms with van der Waals surface area (Å²) in [4.78, 5) is 23.3. The molecule has 18 heavy (non-hydrogen) atoms. The Balaban J connectivity index is 4.16. The average Bonchev–Trinajstić information content (AvgIpc) is 2.36. The van der Waals surface area contributed by atoms with E-state index in [4.69, 9.17) is 18.9 Å². The molecule has 7 heteroatoms. The lowest BCUT2D eigenvalue weighted by Gasteiger charge is -2.14. The Kier molecular flexibility index (Phi) is 10.2. The summed E-state index contributed by atoms with van der Waals surface area (Å²) in [5.41, 5.74) is 0. The normalized spacial score (nSPS) is 10.4. The highest BCUT2D eigenvalue weighted by Crippen LogP contribution is 2.02. The number of rotatable bonds is 10. The second-order valence-electron chi connectivity index (χ2n) is 3.43. The van der Waals surface area contributed by atoms with Crippen molar-refractivity contribution in [3.05, 3.63) is 0 Å². The van der Waals surface area contributed by atoms with E-state index in [1.54, 1.807) is 7.05 Å². The predicted octanol–water partition coefficient (Wildman–Crippen LogP) is -0.799. The van der Waals surface area contributed by atoms with E-state index in [0.29, 0.717) is 0 Å². The van der Waals surface area contributed by atoms with Crippen molar-refractivity contribution in [1.29, 1.82) is 0 Å². The molecule has 106 valence electrons. The third-order valence-corrected chi connectivity index (χ3v) is 2.04. The Labute approximate surface area is 107 Å². The van der Waals surface area contributed by atoms with Crippen molar-refractivity contribution in [1.82, 2.24) is 5.32 Å². The third kappa shape index (κ3) is 7.21. The van der Waals surface area contributed by atoms with Crippen LogP contribution in [0.3, 0.4) is 0 Å². The smallest absolute Gasteiger partial charge is 0.321 e. The lowest BCUT2D eigenvalue weighted by atomic mass is 10.1. The van der Waals surface area contributed by atoms with Crippen LogP contribution < -0.4 is 5.32 Å². The Morgan fingerprint density at radius 1 is 0.944 bits per heavy atom. The van der Waals surface area contributed by atoms with Gasteiger partial charge in [-0.2, -0.15) is 0 Å². The van der Waals surface area contributed by atoms with Gasteiger partial charge >= 0.3 is 11.9 Å². The van der Waals surface area contributed by atoms with Crippen LogP contribution in [0, 0.1) is 5.92 Å². The molecule has 0 saturated carbocycles. The molecule has 0 aliphatic carbocycles. The van der Waals surface area contributed by atoms with E-state index < -0.39 is 17.9 Å². The van der Waals surface area contributed by atoms with Crippen LogP contribution in [0.2, 0.25) is 0 Å². The summed E-state index contributed by atoms with van der Waals surface area (Å²) >= 11 is 0. The molecule has 0 heterocycles. The van der Waals surface area contributed by atoms with E-state index in [1.165, 1.54) is 14.2 Å². The van der Waals surface area contributed by atoms with Crippen LogP contribution in [0.1, 0.15) is 0 Å². The summed E-state index contributed by atoms with van der Waals surface area (Å²) in [7, 11) is 4.63. The van der Waals surface area contributed by atoms with Gasteiger partial charge < -0.3 is 24.3 Å². The molecule has 0 aromatic heterocycles. The molecular weight excluding hydrogens is 242 g/mol. The maximum Gasteiger partial charge on any atom is 0.321 e. The SMILES string of the molecule is CNCC(C(=O)OCCOC)C(=O)OCCOC. The van der Waals surface area contributed by atoms with Crippen molar-refractivity contribution < 1.29 is 28.5 Å². The van der Waals surface area contributed by atoms with E-state index in [9.17, 15) is 9.59 Å². The first-order valence-corrected chi connectivity index (χ1v) is 5.63. The molecule has 0 saturated heterocycles. The fourth-order valence-electron chi connectivity index (χ4n) is 1.12. The van der Waals surface area contributed by atoms with Gasteiger partial charge in [-0.1, -0.05) is 0 Å². The molecule has 7 nitrogen and oxygen atoms in total. The summed E-state index contributed by atoms with van der Waals surface area (Å²) in [6.45, 7) is 0.965. The van der Waals surface area contributed by atoms with Crippen molar-refractivity contribution in [3.8, 4) is 0 Å². The van der Waals surface area contributed by atoms with Gasteiger partial charge in [0.15, 0.2) is 5.92 Å². The molecule has 0 aliphatic rings. The first kappa shape index (κ1) is 16.8. The summed E-state index contributed by atoms with van der Waals surface area (Å²) in [6.07, 6.45) is 0. The maximum atomic E-state index is 11.6. The summed E-state index contributed by atoms with van der Waals surface area (Å²) < 4.78 is 19.3. The minimum Gasteiger partial charge on any atom is -0.463 e. The van der Waals surface area contributed by atoms with Crippen LogP contribution in [0.4, 0.5) is 0 Å². The van der Waals surface area contributed by atoms with Gasteiger partial charge in [0, 0.05) is 20.8 Å². The molecule has 1 N–H and O–H groups in total. The van der Waals surface area contributed by atoms with Crippen LogP contribution in [-0.2, 0) is 28.5 Å². The zero-order valence-electron chi connectivity index (χ0n) is 11.1. The quantitative estimate of drug-likeness (QED) is 0.314. The fraction of sp³-hybridized carbons (Fsp3) is 0.818. The Bertz CT molecular complexity index is 224. The molecule has 0 aromatic rings. The molecule has 0 unspecified atom stereocenters. The van der Waals surface area contributed by atoms with Crippen molar-refractivity contribution in [3.63, 3.8) is 0 Å². The van der Waals surface area contributed by atoms with Crippen molar-refractivity contribution >= 4 is 11.9 Å². The Morgan fingerprint density at radius 3 is 1.72 bits per heavy atom. The molecule has 0 rings (SSSR count). The number of carbonyl (C=O) groups excluding carboxylic acids is 2. The second kappa shape index (κ2) is 10.9. The van der Waals surface area contributed by atoms with Gasteiger partial charge in [-0.05, 0) is 7.05 Å². The molecular formula is C11H21NO6. The zero-order chi connectivity index (χ0) is 13.8. The molecule has 0 aromatic carbocycles. The van der Waals surface area contributed by atoms with Crippen molar-refractivity contribution in [2.24, 2.45) is 5.92 Å². The lowest BCUT2D eigenvalue weighted by molar-refractivity contribution is -0.163. The highest BCUT2D eigenvalue weighted by Gasteiger charge is 2.29. The number of ether oxygens (including phenoxy) is 4. The molecule has 0 atom stereocenters. The van der Waals surface area contributed by atoms with Gasteiger partial charge in [0.1, 0.15) is 13.2 Å². The van der Waals surface area contributed by atoms with Crippen molar-refractivity contribution in [2.45, 2.75) is 0 Å². The minimum absolute atomic E-state index is 0.112. The van der Waals surface area contributed by atoms with E-state index in [2.05, 4.69) is 5.32 Å². The Morgan fingerprint density at radius 2 is 1.39 bits per heavy atom. The molecule has 0 spiro atoms. The average molecular weight is 263 g/mol. The number of esters is 2. The topological polar surface area (TPSA) is 83.1 Å². The largest absolute Gasteiger partial charge is 0.463 e. The van der Waals surface area contributed by atoms with Gasteiger partial charge in [-0.15, -0.1) is 0 Å². The van der Waals surface area contributed by atoms with Crippen LogP contribution in [0.25, 0.3) is 0 Å². The van der Waals surface area contributed by atoms with Gasteiger partial charge in [-0.3, -0.25) is 9.59 Å². The summed E-state index contributed by atoms with van der Waals surface area (Å²) in [5.74, 6) is -2.21. The highest BCUT2D eigenvalue weighted by atomic mass is 16.6. The molecule has 0 amide bonds. The number of methoxy groups -OCH3 is 2. The second-order valence-corrected chi connectivity index (χ2v) is 3.43. The molecule has 0 fully saturated rings. The molecule has 0 aliphatic heterocycles. The van der Waals surface area contributed by atoms with Crippen molar-refractivity contribution in [2.75, 3.05) is 54.2 Å². The van der Waals surface area contributed by atoms with E-state index in [1.807, 2.05) is 0 Å². The minimum atomic E-state index is -0.969. The van der Waals surface area contributed by atoms with Crippen LogP contribution >= 0.6 is 0 Å². The monoisotopic (exact) mass is 263 g/mol. The first-order chi connectivity index (χ1) is 8.67. The van der Waals surface area contributed by atoms with E-state index in [-0.39, 0.29) is 33.0 Å². The first-order valence-electron chi connectivity index (χ1n) is 5.63. The maximum absolute atomic E-state index is 11.6. The van der Waals surface area contributed by atoms with Crippen LogP contribution in [0.15, 0.2) is 0 Å². The van der Waals surface area contributed by atoms with Gasteiger partial charge in [0.2, 0.25) is 0 Å². The van der Waals surface area contributed by atoms with Gasteiger partial charge in [0.25, 0.3) is 0 Å². The number of hydrogen-bond donors (Lipinski definition) is 1. The zero-order valence-corrected chi connectivity index (χ0v) is 11.1.